The fourth-order valence-corrected chi connectivity index (χ4v) is 5.08. The molecule has 3 heterocycles. The van der Waals surface area contributed by atoms with E-state index in [0.717, 1.165) is 38.4 Å². The molecule has 25 heavy (non-hydrogen) atoms. The topological polar surface area (TPSA) is 56.5 Å². The van der Waals surface area contributed by atoms with Crippen molar-refractivity contribution in [3.8, 4) is 15.6 Å². The summed E-state index contributed by atoms with van der Waals surface area (Å²) in [7, 11) is 0. The van der Waals surface area contributed by atoms with Crippen LogP contribution in [0, 0.1) is 13.8 Å². The number of hydrogen-bond donors (Lipinski definition) is 0. The van der Waals surface area contributed by atoms with Crippen LogP contribution in [0.25, 0.3) is 15.6 Å². The molecular weight excluding hydrogens is 370 g/mol. The Labute approximate surface area is 157 Å². The zero-order valence-electron chi connectivity index (χ0n) is 13.7. The van der Waals surface area contributed by atoms with Crippen LogP contribution in [-0.2, 0) is 5.75 Å². The Balaban J connectivity index is 1.54. The van der Waals surface area contributed by atoms with E-state index in [0.29, 0.717) is 0 Å². The molecule has 0 saturated carbocycles. The number of para-hydroxylation sites is 1. The van der Waals surface area contributed by atoms with Crippen molar-refractivity contribution in [3.05, 3.63) is 57.9 Å². The van der Waals surface area contributed by atoms with Crippen LogP contribution in [-0.4, -0.2) is 25.2 Å². The number of rotatable bonds is 5. The first-order valence-electron chi connectivity index (χ1n) is 7.68. The highest BCUT2D eigenvalue weighted by atomic mass is 32.2. The standard InChI is InChI=1S/C17H15N5S3/c1-11-5-3-6-12(2)15(11)22-17(19-20-21-22)25-10-13-9-24-16(18-13)14-7-4-8-23-14/h3-9H,10H2,1-2H3. The molecule has 0 saturated heterocycles. The van der Waals surface area contributed by atoms with Crippen LogP contribution in [0.4, 0.5) is 0 Å². The highest BCUT2D eigenvalue weighted by molar-refractivity contribution is 7.98. The summed E-state index contributed by atoms with van der Waals surface area (Å²) >= 11 is 4.99. The Bertz CT molecular complexity index is 967. The summed E-state index contributed by atoms with van der Waals surface area (Å²) in [5, 5.41) is 18.3. The summed E-state index contributed by atoms with van der Waals surface area (Å²) < 4.78 is 1.82. The first-order valence-corrected chi connectivity index (χ1v) is 10.4. The second-order valence-electron chi connectivity index (χ2n) is 5.52. The molecule has 1 aromatic carbocycles. The number of aryl methyl sites for hydroxylation is 2. The van der Waals surface area contributed by atoms with E-state index in [1.807, 2.05) is 10.7 Å². The van der Waals surface area contributed by atoms with Crippen molar-refractivity contribution in [2.75, 3.05) is 0 Å². The van der Waals surface area contributed by atoms with Gasteiger partial charge in [0, 0.05) is 11.1 Å². The lowest BCUT2D eigenvalue weighted by molar-refractivity contribution is 0.747. The molecule has 8 heteroatoms. The van der Waals surface area contributed by atoms with Crippen molar-refractivity contribution < 1.29 is 0 Å². The van der Waals surface area contributed by atoms with E-state index >= 15 is 0 Å². The van der Waals surface area contributed by atoms with Crippen LogP contribution < -0.4 is 0 Å². The quantitative estimate of drug-likeness (QED) is 0.464. The van der Waals surface area contributed by atoms with Gasteiger partial charge in [0.15, 0.2) is 0 Å². The fourth-order valence-electron chi connectivity index (χ4n) is 2.57. The van der Waals surface area contributed by atoms with Gasteiger partial charge in [-0.3, -0.25) is 0 Å². The average Bonchev–Trinajstić information content (AvgIpc) is 3.34. The highest BCUT2D eigenvalue weighted by Gasteiger charge is 2.14. The summed E-state index contributed by atoms with van der Waals surface area (Å²) in [6, 6.07) is 10.3. The molecule has 0 bridgehead atoms. The number of thiophene rings is 1. The van der Waals surface area contributed by atoms with Crippen molar-refractivity contribution in [3.63, 3.8) is 0 Å². The van der Waals surface area contributed by atoms with Crippen LogP contribution in [0.2, 0.25) is 0 Å². The summed E-state index contributed by atoms with van der Waals surface area (Å²) in [5.41, 5.74) is 4.41. The maximum Gasteiger partial charge on any atom is 0.214 e. The molecule has 0 amide bonds. The Kier molecular flexibility index (Phi) is 4.65. The Morgan fingerprint density at radius 1 is 1.08 bits per heavy atom. The predicted molar refractivity (Wildman–Crippen MR) is 104 cm³/mol. The van der Waals surface area contributed by atoms with Gasteiger partial charge in [0.2, 0.25) is 5.16 Å². The van der Waals surface area contributed by atoms with Crippen molar-refractivity contribution in [2.45, 2.75) is 24.8 Å². The van der Waals surface area contributed by atoms with E-state index in [9.17, 15) is 0 Å². The van der Waals surface area contributed by atoms with Crippen LogP contribution in [0.1, 0.15) is 16.8 Å². The highest BCUT2D eigenvalue weighted by Crippen LogP contribution is 2.30. The summed E-state index contributed by atoms with van der Waals surface area (Å²) in [6.07, 6.45) is 0. The monoisotopic (exact) mass is 385 g/mol. The van der Waals surface area contributed by atoms with Crippen molar-refractivity contribution in [2.24, 2.45) is 0 Å². The van der Waals surface area contributed by atoms with Gasteiger partial charge in [0.25, 0.3) is 0 Å². The molecule has 5 nitrogen and oxygen atoms in total. The molecule has 4 rings (SSSR count). The van der Waals surface area contributed by atoms with Gasteiger partial charge in [-0.05, 0) is 46.8 Å². The van der Waals surface area contributed by atoms with Crippen LogP contribution in [0.5, 0.6) is 0 Å². The van der Waals surface area contributed by atoms with Crippen LogP contribution in [0.3, 0.4) is 0 Å². The number of tetrazole rings is 1. The lowest BCUT2D eigenvalue weighted by Gasteiger charge is -2.10. The molecule has 4 aromatic rings. The number of benzene rings is 1. The Hall–Kier alpha value is -2.03. The maximum absolute atomic E-state index is 4.72. The van der Waals surface area contributed by atoms with E-state index < -0.39 is 0 Å². The molecule has 0 aliphatic carbocycles. The predicted octanol–water partition coefficient (Wildman–Crippen LogP) is 4.76. The van der Waals surface area contributed by atoms with E-state index in [2.05, 4.69) is 64.4 Å². The van der Waals surface area contributed by atoms with E-state index in [1.165, 1.54) is 4.88 Å². The lowest BCUT2D eigenvalue weighted by Crippen LogP contribution is -2.04. The number of aromatic nitrogens is 5. The largest absolute Gasteiger partial charge is 0.239 e. The smallest absolute Gasteiger partial charge is 0.214 e. The van der Waals surface area contributed by atoms with Crippen molar-refractivity contribution in [1.29, 1.82) is 0 Å². The third-order valence-electron chi connectivity index (χ3n) is 3.73. The summed E-state index contributed by atoms with van der Waals surface area (Å²) in [5.74, 6) is 0.743. The summed E-state index contributed by atoms with van der Waals surface area (Å²) in [4.78, 5) is 5.93. The molecule has 3 aromatic heterocycles. The minimum absolute atomic E-state index is 0.743. The van der Waals surface area contributed by atoms with E-state index in [1.54, 1.807) is 34.4 Å². The molecule has 0 aliphatic heterocycles. The van der Waals surface area contributed by atoms with Gasteiger partial charge in [-0.1, -0.05) is 36.0 Å². The van der Waals surface area contributed by atoms with Gasteiger partial charge in [-0.25, -0.2) is 4.98 Å². The molecule has 0 unspecified atom stereocenters. The SMILES string of the molecule is Cc1cccc(C)c1-n1nnnc1SCc1csc(-c2cccs2)n1. The molecule has 0 spiro atoms. The first kappa shape index (κ1) is 16.4. The van der Waals surface area contributed by atoms with Crippen LogP contribution in [0.15, 0.2) is 46.2 Å². The zero-order valence-corrected chi connectivity index (χ0v) is 16.2. The summed E-state index contributed by atoms with van der Waals surface area (Å²) in [6.45, 7) is 4.15. The molecule has 0 radical (unpaired) electrons. The minimum Gasteiger partial charge on any atom is -0.239 e. The number of hydrogen-bond acceptors (Lipinski definition) is 7. The Morgan fingerprint density at radius 3 is 2.68 bits per heavy atom. The molecule has 0 N–H and O–H groups in total. The first-order chi connectivity index (χ1) is 12.2. The fraction of sp³-hybridized carbons (Fsp3) is 0.176. The second-order valence-corrected chi connectivity index (χ2v) is 8.27. The number of nitrogens with zero attached hydrogens (tertiary/aromatic N) is 5. The van der Waals surface area contributed by atoms with Gasteiger partial charge >= 0.3 is 0 Å². The molecule has 0 aliphatic rings. The maximum atomic E-state index is 4.72. The van der Waals surface area contributed by atoms with Crippen LogP contribution >= 0.6 is 34.4 Å². The minimum atomic E-state index is 0.743. The van der Waals surface area contributed by atoms with Crippen molar-refractivity contribution in [1.82, 2.24) is 25.2 Å². The van der Waals surface area contributed by atoms with Gasteiger partial charge < -0.3 is 0 Å². The second kappa shape index (κ2) is 7.07. The number of thiazole rings is 1. The van der Waals surface area contributed by atoms with E-state index in [-0.39, 0.29) is 0 Å². The molecular formula is C17H15N5S3. The third-order valence-corrected chi connectivity index (χ3v) is 6.61. The Morgan fingerprint density at radius 2 is 1.92 bits per heavy atom. The molecule has 126 valence electrons. The zero-order chi connectivity index (χ0) is 17.2. The number of thioether (sulfide) groups is 1. The molecule has 0 atom stereocenters. The van der Waals surface area contributed by atoms with E-state index in [4.69, 9.17) is 4.98 Å². The van der Waals surface area contributed by atoms with Gasteiger partial charge in [0.05, 0.1) is 16.3 Å². The average molecular weight is 386 g/mol. The molecule has 0 fully saturated rings. The van der Waals surface area contributed by atoms with Gasteiger partial charge in [-0.2, -0.15) is 4.68 Å². The third kappa shape index (κ3) is 3.37. The lowest BCUT2D eigenvalue weighted by atomic mass is 10.1. The van der Waals surface area contributed by atoms with Gasteiger partial charge in [0.1, 0.15) is 5.01 Å². The van der Waals surface area contributed by atoms with Gasteiger partial charge in [-0.15, -0.1) is 27.8 Å². The normalized spacial score (nSPS) is 11.1. The van der Waals surface area contributed by atoms with Crippen molar-refractivity contribution >= 4 is 34.4 Å².